The number of primary amides is 1. The van der Waals surface area contributed by atoms with Crippen LogP contribution < -0.4 is 16.4 Å². The number of anilines is 1. The van der Waals surface area contributed by atoms with E-state index in [1.807, 2.05) is 6.07 Å². The zero-order chi connectivity index (χ0) is 14.7. The van der Waals surface area contributed by atoms with E-state index in [2.05, 4.69) is 15.6 Å². The lowest BCUT2D eigenvalue weighted by molar-refractivity contribution is 0.100. The van der Waals surface area contributed by atoms with E-state index in [1.165, 1.54) is 37.7 Å². The molecule has 1 aromatic heterocycles. The third-order valence-electron chi connectivity index (χ3n) is 4.49. The highest BCUT2D eigenvalue weighted by Crippen LogP contribution is 2.24. The van der Waals surface area contributed by atoms with Gasteiger partial charge in [-0.2, -0.15) is 0 Å². The Morgan fingerprint density at radius 3 is 2.95 bits per heavy atom. The number of nitrogens with two attached hydrogens (primary N) is 1. The first kappa shape index (κ1) is 14.3. The molecule has 0 radical (unpaired) electrons. The molecule has 5 heteroatoms. The summed E-state index contributed by atoms with van der Waals surface area (Å²) in [6, 6.07) is 2.40. The van der Waals surface area contributed by atoms with Crippen molar-refractivity contribution in [2.75, 3.05) is 18.4 Å². The molecule has 21 heavy (non-hydrogen) atoms. The minimum atomic E-state index is -0.394. The van der Waals surface area contributed by atoms with Crippen molar-refractivity contribution in [1.29, 1.82) is 0 Å². The lowest BCUT2D eigenvalue weighted by Crippen LogP contribution is -2.39. The average Bonchev–Trinajstić information content (AvgIpc) is 2.53. The molecule has 2 aliphatic rings. The smallest absolute Gasteiger partial charge is 0.252 e. The van der Waals surface area contributed by atoms with Gasteiger partial charge in [0.25, 0.3) is 5.91 Å². The van der Waals surface area contributed by atoms with Crippen LogP contribution in [-0.2, 0) is 12.8 Å². The summed E-state index contributed by atoms with van der Waals surface area (Å²) in [5.41, 5.74) is 8.38. The predicted molar refractivity (Wildman–Crippen MR) is 83.5 cm³/mol. The van der Waals surface area contributed by atoms with Gasteiger partial charge in [0.05, 0.1) is 5.56 Å². The summed E-state index contributed by atoms with van der Waals surface area (Å²) < 4.78 is 0. The van der Waals surface area contributed by atoms with Crippen molar-refractivity contribution >= 4 is 11.7 Å². The Morgan fingerprint density at radius 1 is 1.33 bits per heavy atom. The molecule has 3 rings (SSSR count). The molecule has 0 bridgehead atoms. The van der Waals surface area contributed by atoms with Crippen LogP contribution in [0.4, 0.5) is 5.82 Å². The zero-order valence-electron chi connectivity index (χ0n) is 12.5. The molecule has 2 heterocycles. The normalized spacial score (nSPS) is 21.6. The van der Waals surface area contributed by atoms with E-state index < -0.39 is 5.91 Å². The number of carbonyl (C=O) groups is 1. The SMILES string of the molecule is NC(=O)c1cc2c(nc1NCC1CCCCN1)CCCC2. The van der Waals surface area contributed by atoms with Gasteiger partial charge >= 0.3 is 0 Å². The summed E-state index contributed by atoms with van der Waals surface area (Å²) in [7, 11) is 0. The number of hydrogen-bond acceptors (Lipinski definition) is 4. The van der Waals surface area contributed by atoms with Gasteiger partial charge in [-0.25, -0.2) is 4.98 Å². The quantitative estimate of drug-likeness (QED) is 0.786. The first-order valence-electron chi connectivity index (χ1n) is 8.04. The predicted octanol–water partition coefficient (Wildman–Crippen LogP) is 1.61. The van der Waals surface area contributed by atoms with E-state index >= 15 is 0 Å². The zero-order valence-corrected chi connectivity index (χ0v) is 12.5. The van der Waals surface area contributed by atoms with Crippen LogP contribution in [0.15, 0.2) is 6.07 Å². The fraction of sp³-hybridized carbons (Fsp3) is 0.625. The van der Waals surface area contributed by atoms with Crippen molar-refractivity contribution in [3.63, 3.8) is 0 Å². The monoisotopic (exact) mass is 288 g/mol. The Kier molecular flexibility index (Phi) is 4.39. The van der Waals surface area contributed by atoms with Gasteiger partial charge in [-0.05, 0) is 56.7 Å². The molecule has 0 aromatic carbocycles. The van der Waals surface area contributed by atoms with Gasteiger partial charge < -0.3 is 16.4 Å². The largest absolute Gasteiger partial charge is 0.368 e. The molecule has 1 unspecified atom stereocenters. The van der Waals surface area contributed by atoms with Crippen LogP contribution in [0.25, 0.3) is 0 Å². The third kappa shape index (κ3) is 3.35. The Morgan fingerprint density at radius 2 is 2.19 bits per heavy atom. The second-order valence-electron chi connectivity index (χ2n) is 6.09. The minimum absolute atomic E-state index is 0.394. The number of pyridine rings is 1. The third-order valence-corrected chi connectivity index (χ3v) is 4.49. The van der Waals surface area contributed by atoms with E-state index in [-0.39, 0.29) is 0 Å². The van der Waals surface area contributed by atoms with Gasteiger partial charge in [0.1, 0.15) is 5.82 Å². The van der Waals surface area contributed by atoms with Gasteiger partial charge in [-0.1, -0.05) is 6.42 Å². The lowest BCUT2D eigenvalue weighted by atomic mass is 9.94. The number of amides is 1. The highest BCUT2D eigenvalue weighted by atomic mass is 16.1. The van der Waals surface area contributed by atoms with Crippen molar-refractivity contribution in [2.24, 2.45) is 5.73 Å². The Hall–Kier alpha value is -1.62. The molecule has 1 fully saturated rings. The molecule has 1 aliphatic heterocycles. The number of aromatic nitrogens is 1. The number of piperidine rings is 1. The van der Waals surface area contributed by atoms with E-state index in [0.29, 0.717) is 17.4 Å². The Labute approximate surface area is 125 Å². The van der Waals surface area contributed by atoms with Crippen molar-refractivity contribution < 1.29 is 4.79 Å². The summed E-state index contributed by atoms with van der Waals surface area (Å²) in [4.78, 5) is 16.4. The van der Waals surface area contributed by atoms with E-state index in [0.717, 1.165) is 31.6 Å². The second-order valence-corrected chi connectivity index (χ2v) is 6.09. The number of carbonyl (C=O) groups excluding carboxylic acids is 1. The van der Waals surface area contributed by atoms with E-state index in [1.54, 1.807) is 0 Å². The molecule has 0 spiro atoms. The highest BCUT2D eigenvalue weighted by molar-refractivity contribution is 5.97. The number of nitrogens with zero attached hydrogens (tertiary/aromatic N) is 1. The van der Waals surface area contributed by atoms with E-state index in [4.69, 9.17) is 5.73 Å². The highest BCUT2D eigenvalue weighted by Gasteiger charge is 2.19. The minimum Gasteiger partial charge on any atom is -0.368 e. The molecule has 0 saturated carbocycles. The van der Waals surface area contributed by atoms with Crippen LogP contribution in [-0.4, -0.2) is 30.0 Å². The van der Waals surface area contributed by atoms with Crippen molar-refractivity contribution in [2.45, 2.75) is 51.0 Å². The van der Waals surface area contributed by atoms with Crippen LogP contribution in [0.3, 0.4) is 0 Å². The fourth-order valence-electron chi connectivity index (χ4n) is 3.27. The number of rotatable bonds is 4. The second kappa shape index (κ2) is 6.43. The van der Waals surface area contributed by atoms with Crippen molar-refractivity contribution in [3.05, 3.63) is 22.9 Å². The molecule has 1 saturated heterocycles. The van der Waals surface area contributed by atoms with Gasteiger partial charge in [-0.15, -0.1) is 0 Å². The molecular formula is C16H24N4O. The van der Waals surface area contributed by atoms with E-state index in [9.17, 15) is 4.79 Å². The topological polar surface area (TPSA) is 80.0 Å². The summed E-state index contributed by atoms with van der Waals surface area (Å²) in [6.07, 6.45) is 8.05. The average molecular weight is 288 g/mol. The van der Waals surface area contributed by atoms with Crippen LogP contribution in [0.2, 0.25) is 0 Å². The van der Waals surface area contributed by atoms with Crippen molar-refractivity contribution in [1.82, 2.24) is 10.3 Å². The summed E-state index contributed by atoms with van der Waals surface area (Å²) in [5, 5.41) is 6.83. The number of hydrogen-bond donors (Lipinski definition) is 3. The molecule has 1 amide bonds. The number of nitrogens with one attached hydrogen (secondary N) is 2. The van der Waals surface area contributed by atoms with Gasteiger partial charge in [0.15, 0.2) is 0 Å². The van der Waals surface area contributed by atoms with Crippen molar-refractivity contribution in [3.8, 4) is 0 Å². The first-order chi connectivity index (χ1) is 10.2. The number of aryl methyl sites for hydroxylation is 2. The molecule has 1 atom stereocenters. The first-order valence-corrected chi connectivity index (χ1v) is 8.04. The summed E-state index contributed by atoms with van der Waals surface area (Å²) in [6.45, 7) is 1.87. The maximum Gasteiger partial charge on any atom is 0.252 e. The Balaban J connectivity index is 1.77. The summed E-state index contributed by atoms with van der Waals surface area (Å²) in [5.74, 6) is 0.269. The van der Waals surface area contributed by atoms with Gasteiger partial charge in [0.2, 0.25) is 0 Å². The maximum atomic E-state index is 11.7. The summed E-state index contributed by atoms with van der Waals surface area (Å²) >= 11 is 0. The maximum absolute atomic E-state index is 11.7. The molecule has 5 nitrogen and oxygen atoms in total. The standard InChI is InChI=1S/C16H24N4O/c17-15(21)13-9-11-5-1-2-7-14(11)20-16(13)19-10-12-6-3-4-8-18-12/h9,12,18H,1-8,10H2,(H2,17,21)(H,19,20). The van der Waals surface area contributed by atoms with Crippen LogP contribution in [0, 0.1) is 0 Å². The lowest BCUT2D eigenvalue weighted by Gasteiger charge is -2.25. The molecule has 4 N–H and O–H groups in total. The molecule has 1 aliphatic carbocycles. The van der Waals surface area contributed by atoms with Gasteiger partial charge in [0, 0.05) is 18.3 Å². The number of fused-ring (bicyclic) bond motifs is 1. The Bertz CT molecular complexity index is 523. The van der Waals surface area contributed by atoms with Crippen LogP contribution in [0.5, 0.6) is 0 Å². The fourth-order valence-corrected chi connectivity index (χ4v) is 3.27. The molecule has 114 valence electrons. The van der Waals surface area contributed by atoms with Crippen LogP contribution >= 0.6 is 0 Å². The molecular weight excluding hydrogens is 264 g/mol. The van der Waals surface area contributed by atoms with Crippen LogP contribution in [0.1, 0.15) is 53.7 Å². The molecule has 1 aromatic rings. The van der Waals surface area contributed by atoms with Gasteiger partial charge in [-0.3, -0.25) is 4.79 Å².